The fraction of sp³-hybridized carbons (Fsp3) is 0.429. The normalized spacial score (nSPS) is 11.2. The first-order valence-electron chi connectivity index (χ1n) is 9.51. The van der Waals surface area contributed by atoms with E-state index in [0.717, 1.165) is 30.2 Å². The number of carbonyl (C=O) groups is 1. The quantitative estimate of drug-likeness (QED) is 0.394. The molecule has 2 rings (SSSR count). The van der Waals surface area contributed by atoms with Crippen LogP contribution in [0.1, 0.15) is 35.0 Å². The second-order valence-electron chi connectivity index (χ2n) is 6.45. The zero-order chi connectivity index (χ0) is 20.4. The Balaban J connectivity index is 1.71. The van der Waals surface area contributed by atoms with Gasteiger partial charge in [0.1, 0.15) is 5.75 Å². The Labute approximate surface area is 166 Å². The first-order valence-corrected chi connectivity index (χ1v) is 9.51. The van der Waals surface area contributed by atoms with Crippen molar-refractivity contribution in [2.75, 3.05) is 33.8 Å². The van der Waals surface area contributed by atoms with Crippen LogP contribution in [0.2, 0.25) is 0 Å². The van der Waals surface area contributed by atoms with Crippen LogP contribution in [0.5, 0.6) is 5.75 Å². The summed E-state index contributed by atoms with van der Waals surface area (Å²) in [5.74, 6) is 1.88. The molecule has 1 aromatic heterocycles. The molecule has 0 fully saturated rings. The lowest BCUT2D eigenvalue weighted by Crippen LogP contribution is -2.39. The van der Waals surface area contributed by atoms with Crippen molar-refractivity contribution in [1.82, 2.24) is 15.5 Å². The predicted octanol–water partition coefficient (Wildman–Crippen LogP) is 2.81. The molecule has 0 radical (unpaired) electrons. The summed E-state index contributed by atoms with van der Waals surface area (Å²) in [6, 6.07) is 9.85. The van der Waals surface area contributed by atoms with Crippen LogP contribution in [0, 0.1) is 6.92 Å². The second-order valence-corrected chi connectivity index (χ2v) is 6.45. The van der Waals surface area contributed by atoms with E-state index in [-0.39, 0.29) is 5.91 Å². The zero-order valence-corrected chi connectivity index (χ0v) is 17.1. The molecule has 1 amide bonds. The number of nitrogens with zero attached hydrogens (tertiary/aromatic N) is 2. The summed E-state index contributed by atoms with van der Waals surface area (Å²) in [5, 5.41) is 6.18. The van der Waals surface area contributed by atoms with Crippen LogP contribution in [0.3, 0.4) is 0 Å². The number of amides is 1. The minimum absolute atomic E-state index is 0.181. The van der Waals surface area contributed by atoms with Crippen LogP contribution in [0.15, 0.2) is 46.0 Å². The molecule has 2 N–H and O–H groups in total. The SMILES string of the molecule is CCOc1ccc(CN(C)C(=NC)NCCCNC(=O)c2occc2C)cc1. The Bertz CT molecular complexity index is 768. The largest absolute Gasteiger partial charge is 0.494 e. The maximum absolute atomic E-state index is 12.0. The van der Waals surface area contributed by atoms with Gasteiger partial charge in [-0.1, -0.05) is 12.1 Å². The number of furan rings is 1. The molecule has 152 valence electrons. The van der Waals surface area contributed by atoms with Crippen LogP contribution >= 0.6 is 0 Å². The molecule has 0 atom stereocenters. The molecule has 0 unspecified atom stereocenters. The zero-order valence-electron chi connectivity index (χ0n) is 17.1. The summed E-state index contributed by atoms with van der Waals surface area (Å²) in [5.41, 5.74) is 2.02. The molecule has 0 aliphatic heterocycles. The van der Waals surface area contributed by atoms with E-state index in [4.69, 9.17) is 9.15 Å². The number of carbonyl (C=O) groups excluding carboxylic acids is 1. The molecule has 0 saturated heterocycles. The first kappa shape index (κ1) is 21.3. The Morgan fingerprint density at radius 3 is 2.50 bits per heavy atom. The summed E-state index contributed by atoms with van der Waals surface area (Å²) in [7, 11) is 3.76. The van der Waals surface area contributed by atoms with E-state index < -0.39 is 0 Å². The van der Waals surface area contributed by atoms with E-state index in [1.807, 2.05) is 33.0 Å². The molecule has 0 bridgehead atoms. The van der Waals surface area contributed by atoms with E-state index in [9.17, 15) is 4.79 Å². The van der Waals surface area contributed by atoms with Crippen molar-refractivity contribution in [2.24, 2.45) is 4.99 Å². The number of aryl methyl sites for hydroxylation is 1. The Morgan fingerprint density at radius 2 is 1.89 bits per heavy atom. The smallest absolute Gasteiger partial charge is 0.287 e. The standard InChI is InChI=1S/C21H30N4O3/c1-5-27-18-9-7-17(8-10-18)15-25(4)21(22-3)24-13-6-12-23-20(26)19-16(2)11-14-28-19/h7-11,14H,5-6,12-13,15H2,1-4H3,(H,22,24)(H,23,26). The van der Waals surface area contributed by atoms with Crippen LogP contribution in [-0.4, -0.2) is 50.6 Å². The molecule has 28 heavy (non-hydrogen) atoms. The summed E-state index contributed by atoms with van der Waals surface area (Å²) in [4.78, 5) is 18.4. The van der Waals surface area contributed by atoms with Gasteiger partial charge in [0.05, 0.1) is 12.9 Å². The number of guanidine groups is 1. The number of rotatable bonds is 9. The van der Waals surface area contributed by atoms with E-state index >= 15 is 0 Å². The maximum atomic E-state index is 12.0. The molecular weight excluding hydrogens is 356 g/mol. The van der Waals surface area contributed by atoms with Gasteiger partial charge in [-0.3, -0.25) is 9.79 Å². The predicted molar refractivity (Wildman–Crippen MR) is 111 cm³/mol. The fourth-order valence-corrected chi connectivity index (χ4v) is 2.77. The number of aliphatic imine (C=N–C) groups is 1. The molecule has 7 heteroatoms. The van der Waals surface area contributed by atoms with Crippen molar-refractivity contribution in [3.05, 3.63) is 53.5 Å². The van der Waals surface area contributed by atoms with Crippen LogP contribution in [0.4, 0.5) is 0 Å². The molecular formula is C21H30N4O3. The Hall–Kier alpha value is -2.96. The van der Waals surface area contributed by atoms with Crippen molar-refractivity contribution < 1.29 is 13.9 Å². The lowest BCUT2D eigenvalue weighted by Gasteiger charge is -2.22. The Morgan fingerprint density at radius 1 is 1.18 bits per heavy atom. The van der Waals surface area contributed by atoms with Crippen molar-refractivity contribution in [3.8, 4) is 5.75 Å². The van der Waals surface area contributed by atoms with Gasteiger partial charge in [0.2, 0.25) is 0 Å². The summed E-state index contributed by atoms with van der Waals surface area (Å²) in [6.07, 6.45) is 2.30. The molecule has 7 nitrogen and oxygen atoms in total. The summed E-state index contributed by atoms with van der Waals surface area (Å²) in [6.45, 7) is 6.49. The number of ether oxygens (including phenoxy) is 1. The molecule has 1 aromatic carbocycles. The molecule has 0 aliphatic carbocycles. The van der Waals surface area contributed by atoms with Crippen LogP contribution in [0.25, 0.3) is 0 Å². The molecule has 0 saturated carbocycles. The fourth-order valence-electron chi connectivity index (χ4n) is 2.77. The average molecular weight is 386 g/mol. The van der Waals surface area contributed by atoms with Gasteiger partial charge in [-0.2, -0.15) is 0 Å². The maximum Gasteiger partial charge on any atom is 0.287 e. The van der Waals surface area contributed by atoms with Gasteiger partial charge in [-0.05, 0) is 44.0 Å². The average Bonchev–Trinajstić information content (AvgIpc) is 3.12. The minimum atomic E-state index is -0.181. The Kier molecular flexibility index (Phi) is 8.39. The van der Waals surface area contributed by atoms with Gasteiger partial charge in [-0.25, -0.2) is 0 Å². The third-order valence-corrected chi connectivity index (χ3v) is 4.22. The lowest BCUT2D eigenvalue weighted by atomic mass is 10.2. The third-order valence-electron chi connectivity index (χ3n) is 4.22. The second kappa shape index (κ2) is 11.0. The lowest BCUT2D eigenvalue weighted by molar-refractivity contribution is 0.0925. The number of benzene rings is 1. The summed E-state index contributed by atoms with van der Waals surface area (Å²) >= 11 is 0. The van der Waals surface area contributed by atoms with Gasteiger partial charge in [0, 0.05) is 39.3 Å². The highest BCUT2D eigenvalue weighted by Gasteiger charge is 2.11. The van der Waals surface area contributed by atoms with Crippen LogP contribution < -0.4 is 15.4 Å². The van der Waals surface area contributed by atoms with Crippen molar-refractivity contribution in [2.45, 2.75) is 26.8 Å². The van der Waals surface area contributed by atoms with E-state index in [2.05, 4.69) is 32.7 Å². The highest BCUT2D eigenvalue weighted by atomic mass is 16.5. The van der Waals surface area contributed by atoms with Gasteiger partial charge < -0.3 is 24.7 Å². The number of nitrogens with one attached hydrogen (secondary N) is 2. The van der Waals surface area contributed by atoms with Gasteiger partial charge in [0.25, 0.3) is 5.91 Å². The van der Waals surface area contributed by atoms with Gasteiger partial charge in [0.15, 0.2) is 11.7 Å². The van der Waals surface area contributed by atoms with Gasteiger partial charge >= 0.3 is 0 Å². The highest BCUT2D eigenvalue weighted by Crippen LogP contribution is 2.13. The highest BCUT2D eigenvalue weighted by molar-refractivity contribution is 5.92. The topological polar surface area (TPSA) is 79.1 Å². The molecule has 0 aliphatic rings. The summed E-state index contributed by atoms with van der Waals surface area (Å²) < 4.78 is 10.7. The van der Waals surface area contributed by atoms with Crippen molar-refractivity contribution in [3.63, 3.8) is 0 Å². The van der Waals surface area contributed by atoms with Crippen LogP contribution in [-0.2, 0) is 6.54 Å². The number of hydrogen-bond acceptors (Lipinski definition) is 4. The molecule has 1 heterocycles. The van der Waals surface area contributed by atoms with E-state index in [1.165, 1.54) is 11.8 Å². The monoisotopic (exact) mass is 386 g/mol. The molecule has 0 spiro atoms. The molecule has 2 aromatic rings. The van der Waals surface area contributed by atoms with Crippen molar-refractivity contribution >= 4 is 11.9 Å². The van der Waals surface area contributed by atoms with Gasteiger partial charge in [-0.15, -0.1) is 0 Å². The first-order chi connectivity index (χ1) is 13.5. The van der Waals surface area contributed by atoms with Crippen molar-refractivity contribution in [1.29, 1.82) is 0 Å². The van der Waals surface area contributed by atoms with E-state index in [0.29, 0.717) is 25.5 Å². The third kappa shape index (κ3) is 6.33. The number of hydrogen-bond donors (Lipinski definition) is 2. The minimum Gasteiger partial charge on any atom is -0.494 e. The van der Waals surface area contributed by atoms with E-state index in [1.54, 1.807) is 13.1 Å².